The first-order chi connectivity index (χ1) is 7.53. The highest BCUT2D eigenvalue weighted by molar-refractivity contribution is 4.92. The molecule has 0 saturated carbocycles. The molecule has 92 valence electrons. The number of likely N-dealkylation sites (tertiary alicyclic amines) is 1. The molecule has 0 aliphatic carbocycles. The standard InChI is InChI=1S/C13H25N3/c1-12(10-16-8-4-5-9-16)15-7-6-13(2,3)11-14/h12,15H,4-10H2,1-3H3. The number of hydrogen-bond donors (Lipinski definition) is 1. The molecule has 1 aliphatic heterocycles. The summed E-state index contributed by atoms with van der Waals surface area (Å²) in [4.78, 5) is 2.52. The van der Waals surface area contributed by atoms with E-state index in [1.165, 1.54) is 25.9 Å². The van der Waals surface area contributed by atoms with E-state index in [-0.39, 0.29) is 5.41 Å². The Morgan fingerprint density at radius 1 is 1.38 bits per heavy atom. The number of nitriles is 1. The Morgan fingerprint density at radius 3 is 2.56 bits per heavy atom. The van der Waals surface area contributed by atoms with Gasteiger partial charge in [-0.25, -0.2) is 0 Å². The zero-order valence-electron chi connectivity index (χ0n) is 10.9. The van der Waals surface area contributed by atoms with Crippen molar-refractivity contribution in [3.8, 4) is 6.07 Å². The zero-order valence-corrected chi connectivity index (χ0v) is 10.9. The predicted molar refractivity (Wildman–Crippen MR) is 67.1 cm³/mol. The molecule has 1 aliphatic rings. The SMILES string of the molecule is CC(CN1CCCC1)NCCC(C)(C)C#N. The van der Waals surface area contributed by atoms with Crippen LogP contribution in [0.3, 0.4) is 0 Å². The summed E-state index contributed by atoms with van der Waals surface area (Å²) in [5.41, 5.74) is -0.194. The average molecular weight is 223 g/mol. The van der Waals surface area contributed by atoms with Gasteiger partial charge in [-0.2, -0.15) is 5.26 Å². The third-order valence-electron chi connectivity index (χ3n) is 3.28. The topological polar surface area (TPSA) is 39.1 Å². The first-order valence-corrected chi connectivity index (χ1v) is 6.40. The molecule has 0 radical (unpaired) electrons. The van der Waals surface area contributed by atoms with Crippen LogP contribution >= 0.6 is 0 Å². The summed E-state index contributed by atoms with van der Waals surface area (Å²) >= 11 is 0. The van der Waals surface area contributed by atoms with Crippen molar-refractivity contribution in [2.24, 2.45) is 5.41 Å². The third-order valence-corrected chi connectivity index (χ3v) is 3.28. The second-order valence-electron chi connectivity index (χ2n) is 5.61. The Bertz CT molecular complexity index is 236. The molecule has 1 atom stereocenters. The fourth-order valence-electron chi connectivity index (χ4n) is 2.10. The van der Waals surface area contributed by atoms with Crippen LogP contribution in [0.15, 0.2) is 0 Å². The van der Waals surface area contributed by atoms with Gasteiger partial charge in [0.05, 0.1) is 11.5 Å². The van der Waals surface area contributed by atoms with Crippen LogP contribution in [0.4, 0.5) is 0 Å². The van der Waals surface area contributed by atoms with E-state index in [1.54, 1.807) is 0 Å². The molecule has 3 heteroatoms. The van der Waals surface area contributed by atoms with Crippen molar-refractivity contribution in [2.75, 3.05) is 26.2 Å². The fourth-order valence-corrected chi connectivity index (χ4v) is 2.10. The summed E-state index contributed by atoms with van der Waals surface area (Å²) in [6.45, 7) is 10.8. The number of nitrogens with one attached hydrogen (secondary N) is 1. The molecular weight excluding hydrogens is 198 g/mol. The molecule has 0 spiro atoms. The maximum Gasteiger partial charge on any atom is 0.0684 e. The van der Waals surface area contributed by atoms with Gasteiger partial charge in [-0.3, -0.25) is 0 Å². The maximum absolute atomic E-state index is 8.90. The maximum atomic E-state index is 8.90. The summed E-state index contributed by atoms with van der Waals surface area (Å²) < 4.78 is 0. The van der Waals surface area contributed by atoms with Gasteiger partial charge in [0.15, 0.2) is 0 Å². The molecule has 0 aromatic heterocycles. The minimum atomic E-state index is -0.194. The summed E-state index contributed by atoms with van der Waals surface area (Å²) in [6, 6.07) is 2.87. The van der Waals surface area contributed by atoms with Crippen molar-refractivity contribution < 1.29 is 0 Å². The van der Waals surface area contributed by atoms with Gasteiger partial charge in [0.2, 0.25) is 0 Å². The lowest BCUT2D eigenvalue weighted by Gasteiger charge is -2.22. The molecule has 1 rings (SSSR count). The largest absolute Gasteiger partial charge is 0.313 e. The van der Waals surface area contributed by atoms with Crippen LogP contribution in [0.25, 0.3) is 0 Å². The van der Waals surface area contributed by atoms with Crippen LogP contribution in [-0.2, 0) is 0 Å². The Kier molecular flexibility index (Phi) is 5.24. The number of nitrogens with zero attached hydrogens (tertiary/aromatic N) is 2. The van der Waals surface area contributed by atoms with Crippen LogP contribution in [-0.4, -0.2) is 37.1 Å². The monoisotopic (exact) mass is 223 g/mol. The molecule has 3 nitrogen and oxygen atoms in total. The van der Waals surface area contributed by atoms with Crippen LogP contribution in [0.5, 0.6) is 0 Å². The summed E-state index contributed by atoms with van der Waals surface area (Å²) in [5.74, 6) is 0. The lowest BCUT2D eigenvalue weighted by atomic mass is 9.91. The van der Waals surface area contributed by atoms with Crippen LogP contribution in [0.1, 0.15) is 40.0 Å². The van der Waals surface area contributed by atoms with E-state index in [2.05, 4.69) is 23.2 Å². The van der Waals surface area contributed by atoms with Gasteiger partial charge in [0.1, 0.15) is 0 Å². The predicted octanol–water partition coefficient (Wildman–Crippen LogP) is 2.00. The van der Waals surface area contributed by atoms with Crippen molar-refractivity contribution in [3.05, 3.63) is 0 Å². The number of rotatable bonds is 6. The van der Waals surface area contributed by atoms with E-state index >= 15 is 0 Å². The molecule has 0 aromatic carbocycles. The van der Waals surface area contributed by atoms with E-state index < -0.39 is 0 Å². The van der Waals surface area contributed by atoms with Crippen molar-refractivity contribution in [1.82, 2.24) is 10.2 Å². The van der Waals surface area contributed by atoms with Crippen molar-refractivity contribution in [1.29, 1.82) is 5.26 Å². The van der Waals surface area contributed by atoms with E-state index in [0.29, 0.717) is 6.04 Å². The van der Waals surface area contributed by atoms with Crippen LogP contribution in [0, 0.1) is 16.7 Å². The van der Waals surface area contributed by atoms with Gasteiger partial charge in [0.25, 0.3) is 0 Å². The summed E-state index contributed by atoms with van der Waals surface area (Å²) in [6.07, 6.45) is 3.64. The van der Waals surface area contributed by atoms with Crippen LogP contribution < -0.4 is 5.32 Å². The third kappa shape index (κ3) is 4.96. The second-order valence-corrected chi connectivity index (χ2v) is 5.61. The highest BCUT2D eigenvalue weighted by atomic mass is 15.2. The first kappa shape index (κ1) is 13.5. The highest BCUT2D eigenvalue weighted by Gasteiger charge is 2.17. The van der Waals surface area contributed by atoms with Gasteiger partial charge >= 0.3 is 0 Å². The average Bonchev–Trinajstić information content (AvgIpc) is 2.70. The molecule has 1 unspecified atom stereocenters. The fraction of sp³-hybridized carbons (Fsp3) is 0.923. The van der Waals surface area contributed by atoms with Crippen molar-refractivity contribution in [2.45, 2.75) is 46.1 Å². The molecule has 16 heavy (non-hydrogen) atoms. The summed E-state index contributed by atoms with van der Waals surface area (Å²) in [7, 11) is 0. The van der Waals surface area contributed by atoms with Gasteiger partial charge in [-0.1, -0.05) is 0 Å². The Balaban J connectivity index is 2.10. The Morgan fingerprint density at radius 2 is 2.00 bits per heavy atom. The van der Waals surface area contributed by atoms with E-state index in [4.69, 9.17) is 5.26 Å². The normalized spacial score (nSPS) is 19.6. The molecule has 1 saturated heterocycles. The van der Waals surface area contributed by atoms with Gasteiger partial charge in [-0.15, -0.1) is 0 Å². The molecule has 1 N–H and O–H groups in total. The Labute approximate surface area is 99.8 Å². The molecular formula is C13H25N3. The quantitative estimate of drug-likeness (QED) is 0.748. The molecule has 0 amide bonds. The lowest BCUT2D eigenvalue weighted by Crippen LogP contribution is -2.39. The Hall–Kier alpha value is -0.590. The molecule has 0 aromatic rings. The number of hydrogen-bond acceptors (Lipinski definition) is 3. The van der Waals surface area contributed by atoms with Crippen molar-refractivity contribution in [3.63, 3.8) is 0 Å². The zero-order chi connectivity index (χ0) is 12.0. The van der Waals surface area contributed by atoms with E-state index in [0.717, 1.165) is 19.5 Å². The minimum Gasteiger partial charge on any atom is -0.313 e. The smallest absolute Gasteiger partial charge is 0.0684 e. The van der Waals surface area contributed by atoms with E-state index in [1.807, 2.05) is 13.8 Å². The van der Waals surface area contributed by atoms with Gasteiger partial charge in [-0.05, 0) is 59.7 Å². The highest BCUT2D eigenvalue weighted by Crippen LogP contribution is 2.17. The molecule has 0 bridgehead atoms. The first-order valence-electron chi connectivity index (χ1n) is 6.40. The summed E-state index contributed by atoms with van der Waals surface area (Å²) in [5, 5.41) is 12.4. The second kappa shape index (κ2) is 6.22. The molecule has 1 heterocycles. The van der Waals surface area contributed by atoms with Crippen LogP contribution in [0.2, 0.25) is 0 Å². The lowest BCUT2D eigenvalue weighted by molar-refractivity contribution is 0.293. The van der Waals surface area contributed by atoms with Gasteiger partial charge < -0.3 is 10.2 Å². The van der Waals surface area contributed by atoms with Gasteiger partial charge in [0, 0.05) is 12.6 Å². The van der Waals surface area contributed by atoms with E-state index in [9.17, 15) is 0 Å². The minimum absolute atomic E-state index is 0.194. The van der Waals surface area contributed by atoms with Crippen molar-refractivity contribution >= 4 is 0 Å². The molecule has 1 fully saturated rings.